The standard InChI is InChI=1S/C5H4N5O4P/c6-4-7-1-2-3-8-5-9(2)13-15(11,12-5)14-10(3)4/h1H2,(H2,6,7). The fourth-order valence-corrected chi connectivity index (χ4v) is 2.74. The van der Waals surface area contributed by atoms with Gasteiger partial charge in [0.1, 0.15) is 5.69 Å². The molecule has 1 unspecified atom stereocenters. The van der Waals surface area contributed by atoms with Crippen LogP contribution < -0.4 is 19.9 Å². The molecule has 0 spiro atoms. The number of hydroxylamine groups is 1. The summed E-state index contributed by atoms with van der Waals surface area (Å²) in [5.74, 6) is 0.489. The van der Waals surface area contributed by atoms with Crippen molar-refractivity contribution in [2.24, 2.45) is 10.7 Å². The molecule has 2 N–H and O–H groups in total. The minimum atomic E-state index is -3.67. The van der Waals surface area contributed by atoms with E-state index in [1.165, 1.54) is 4.73 Å². The molecule has 0 saturated carbocycles. The van der Waals surface area contributed by atoms with Gasteiger partial charge in [0.2, 0.25) is 5.96 Å². The molecule has 0 aromatic carbocycles. The number of anilines is 1. The highest BCUT2D eigenvalue weighted by atomic mass is 31.2. The predicted molar refractivity (Wildman–Crippen MR) is 45.9 cm³/mol. The van der Waals surface area contributed by atoms with Crippen molar-refractivity contribution in [3.8, 4) is 6.01 Å². The van der Waals surface area contributed by atoms with Gasteiger partial charge in [0.25, 0.3) is 0 Å². The molecule has 1 aromatic rings. The summed E-state index contributed by atoms with van der Waals surface area (Å²) in [5.41, 5.74) is 6.18. The van der Waals surface area contributed by atoms with Crippen LogP contribution in [0, 0.1) is 0 Å². The molecule has 0 aliphatic carbocycles. The molecule has 5 heterocycles. The zero-order valence-electron chi connectivity index (χ0n) is 7.15. The molecule has 0 amide bonds. The van der Waals surface area contributed by atoms with Crippen LogP contribution in [0.3, 0.4) is 0 Å². The van der Waals surface area contributed by atoms with E-state index in [4.69, 9.17) is 19.5 Å². The highest BCUT2D eigenvalue weighted by molar-refractivity contribution is 7.49. The predicted octanol–water partition coefficient (Wildman–Crippen LogP) is -0.608. The van der Waals surface area contributed by atoms with E-state index in [0.29, 0.717) is 11.5 Å². The van der Waals surface area contributed by atoms with E-state index < -0.39 is 7.82 Å². The minimum absolute atomic E-state index is 0.0786. The van der Waals surface area contributed by atoms with Gasteiger partial charge in [-0.15, -0.1) is 9.35 Å². The maximum absolute atomic E-state index is 11.8. The Balaban J connectivity index is 2.08. The molecule has 15 heavy (non-hydrogen) atoms. The number of aromatic nitrogens is 2. The first-order valence-electron chi connectivity index (χ1n) is 4.07. The lowest BCUT2D eigenvalue weighted by Gasteiger charge is -2.20. The Morgan fingerprint density at radius 2 is 2.33 bits per heavy atom. The maximum Gasteiger partial charge on any atom is 0.632 e. The quantitative estimate of drug-likeness (QED) is 0.591. The smallest absolute Gasteiger partial charge is 0.368 e. The first kappa shape index (κ1) is 7.55. The molecule has 5 rings (SSSR count). The van der Waals surface area contributed by atoms with Crippen LogP contribution in [0.1, 0.15) is 5.69 Å². The van der Waals surface area contributed by atoms with Crippen LogP contribution in [0.15, 0.2) is 4.99 Å². The highest BCUT2D eigenvalue weighted by Crippen LogP contribution is 2.57. The van der Waals surface area contributed by atoms with Gasteiger partial charge in [-0.3, -0.25) is 4.62 Å². The Morgan fingerprint density at radius 1 is 1.47 bits per heavy atom. The largest absolute Gasteiger partial charge is 0.632 e. The number of rotatable bonds is 0. The summed E-state index contributed by atoms with van der Waals surface area (Å²) >= 11 is 0. The van der Waals surface area contributed by atoms with Crippen LogP contribution in [0.25, 0.3) is 0 Å². The minimum Gasteiger partial charge on any atom is -0.368 e. The number of hydrogen-bond acceptors (Lipinski definition) is 8. The molecule has 78 valence electrons. The average Bonchev–Trinajstić information content (AvgIpc) is 2.54. The summed E-state index contributed by atoms with van der Waals surface area (Å²) in [6.45, 7) is 0.289. The molecule has 0 fully saturated rings. The molecule has 9 nitrogen and oxygen atoms in total. The number of imidazole rings is 1. The van der Waals surface area contributed by atoms with Crippen LogP contribution in [0.5, 0.6) is 6.01 Å². The van der Waals surface area contributed by atoms with Crippen LogP contribution in [-0.4, -0.2) is 15.7 Å². The van der Waals surface area contributed by atoms with Gasteiger partial charge in [0.15, 0.2) is 5.82 Å². The van der Waals surface area contributed by atoms with E-state index in [1.807, 2.05) is 0 Å². The molecule has 1 aromatic heterocycles. The summed E-state index contributed by atoms with van der Waals surface area (Å²) in [7, 11) is -3.67. The van der Waals surface area contributed by atoms with E-state index in [-0.39, 0.29) is 18.5 Å². The van der Waals surface area contributed by atoms with Crippen molar-refractivity contribution in [2.75, 3.05) is 5.06 Å². The number of guanidine groups is 1. The second-order valence-electron chi connectivity index (χ2n) is 3.13. The van der Waals surface area contributed by atoms with Crippen molar-refractivity contribution in [1.29, 1.82) is 0 Å². The van der Waals surface area contributed by atoms with E-state index in [9.17, 15) is 4.57 Å². The number of phosphoric acid groups is 1. The second-order valence-corrected chi connectivity index (χ2v) is 4.53. The van der Waals surface area contributed by atoms with Gasteiger partial charge in [-0.1, -0.05) is 0 Å². The first-order chi connectivity index (χ1) is 7.16. The Bertz CT molecular complexity index is 564. The lowest BCUT2D eigenvalue weighted by atomic mass is 10.4. The Kier molecular flexibility index (Phi) is 0.981. The molecular weight excluding hydrogens is 225 g/mol. The van der Waals surface area contributed by atoms with E-state index in [1.54, 1.807) is 0 Å². The summed E-state index contributed by atoms with van der Waals surface area (Å²) in [6, 6.07) is 0.107. The molecule has 4 aliphatic rings. The van der Waals surface area contributed by atoms with Crippen LogP contribution in [0.4, 0.5) is 5.82 Å². The summed E-state index contributed by atoms with van der Waals surface area (Å²) in [5, 5.41) is 1.07. The Labute approximate surface area is 82.6 Å². The van der Waals surface area contributed by atoms with Crippen molar-refractivity contribution < 1.29 is 18.3 Å². The molecule has 0 saturated heterocycles. The summed E-state index contributed by atoms with van der Waals surface area (Å²) < 4.78 is 28.0. The zero-order chi connectivity index (χ0) is 10.2. The molecule has 1 atom stereocenters. The van der Waals surface area contributed by atoms with Gasteiger partial charge in [0, 0.05) is 0 Å². The topological polar surface area (TPSA) is 104 Å². The van der Waals surface area contributed by atoms with Crippen molar-refractivity contribution in [1.82, 2.24) is 9.71 Å². The monoisotopic (exact) mass is 229 g/mol. The fourth-order valence-electron chi connectivity index (χ4n) is 1.60. The average molecular weight is 229 g/mol. The lowest BCUT2D eigenvalue weighted by Crippen LogP contribution is -2.39. The van der Waals surface area contributed by atoms with Gasteiger partial charge in [-0.05, 0) is 0 Å². The van der Waals surface area contributed by atoms with Crippen LogP contribution >= 0.6 is 7.82 Å². The first-order valence-corrected chi connectivity index (χ1v) is 5.53. The number of hydrogen-bond donors (Lipinski definition) is 1. The van der Waals surface area contributed by atoms with Crippen molar-refractivity contribution in [3.63, 3.8) is 0 Å². The molecule has 4 aliphatic heterocycles. The van der Waals surface area contributed by atoms with E-state index in [2.05, 4.69) is 9.98 Å². The Morgan fingerprint density at radius 3 is 3.20 bits per heavy atom. The van der Waals surface area contributed by atoms with Gasteiger partial charge in [-0.25, -0.2) is 9.56 Å². The third kappa shape index (κ3) is 0.724. The Hall–Kier alpha value is -1.73. The molecule has 10 heteroatoms. The van der Waals surface area contributed by atoms with Gasteiger partial charge in [-0.2, -0.15) is 10.0 Å². The van der Waals surface area contributed by atoms with Gasteiger partial charge >= 0.3 is 13.8 Å². The number of aliphatic imine (C=N–C) groups is 1. The molecular formula is C5H4N5O4P. The SMILES string of the molecule is NC1=NCc2c3nc4n2OP(=O)(O4)ON13. The third-order valence-corrected chi connectivity index (χ3v) is 3.34. The number of nitrogens with zero attached hydrogens (tertiary/aromatic N) is 4. The molecule has 6 bridgehead atoms. The third-order valence-electron chi connectivity index (χ3n) is 2.23. The van der Waals surface area contributed by atoms with Crippen molar-refractivity contribution in [3.05, 3.63) is 5.69 Å². The van der Waals surface area contributed by atoms with Crippen molar-refractivity contribution in [2.45, 2.75) is 6.54 Å². The van der Waals surface area contributed by atoms with E-state index in [0.717, 1.165) is 5.06 Å². The number of nitrogens with two attached hydrogens (primary N) is 1. The summed E-state index contributed by atoms with van der Waals surface area (Å²) in [6.07, 6.45) is 0. The molecule has 0 radical (unpaired) electrons. The van der Waals surface area contributed by atoms with Crippen LogP contribution in [0.2, 0.25) is 0 Å². The van der Waals surface area contributed by atoms with E-state index >= 15 is 0 Å². The second kappa shape index (κ2) is 1.95. The lowest BCUT2D eigenvalue weighted by molar-refractivity contribution is 0.200. The maximum atomic E-state index is 11.8. The highest BCUT2D eigenvalue weighted by Gasteiger charge is 2.52. The summed E-state index contributed by atoms with van der Waals surface area (Å²) in [4.78, 5) is 8.00. The van der Waals surface area contributed by atoms with Crippen LogP contribution in [-0.2, 0) is 15.7 Å². The fraction of sp³-hybridized carbons (Fsp3) is 0.200. The zero-order valence-corrected chi connectivity index (χ0v) is 8.05. The van der Waals surface area contributed by atoms with Crippen molar-refractivity contribution >= 4 is 19.6 Å². The van der Waals surface area contributed by atoms with Gasteiger partial charge in [0.05, 0.1) is 6.54 Å². The van der Waals surface area contributed by atoms with Gasteiger partial charge < -0.3 is 10.3 Å². The normalized spacial score (nSPS) is 29.6.